The average Bonchev–Trinajstić information content (AvgIpc) is 3.38. The number of rotatable bonds is 19. The number of carbonyl (C=O) groups excluding carboxylic acids is 2. The topological polar surface area (TPSA) is 63.6 Å². The molecule has 1 fully saturated rings. The predicted molar refractivity (Wildman–Crippen MR) is 208 cm³/mol. The maximum Gasteiger partial charge on any atom is 0.270 e. The quantitative estimate of drug-likeness (QED) is 0.0883. The van der Waals surface area contributed by atoms with Gasteiger partial charge in [-0.15, -0.1) is 6.58 Å². The van der Waals surface area contributed by atoms with Crippen LogP contribution in [0.15, 0.2) is 115 Å². The van der Waals surface area contributed by atoms with Gasteiger partial charge in [-0.25, -0.2) is 17.6 Å². The molecule has 4 rings (SSSR count). The lowest BCUT2D eigenvalue weighted by atomic mass is 9.72. The number of alkyl halides is 4. The minimum absolute atomic E-state index is 0.00504. The number of ether oxygens (including phenoxy) is 1. The summed E-state index contributed by atoms with van der Waals surface area (Å²) in [6.45, 7) is 16.0. The van der Waals surface area contributed by atoms with Crippen LogP contribution in [-0.4, -0.2) is 36.5 Å². The molecule has 54 heavy (non-hydrogen) atoms. The van der Waals surface area contributed by atoms with Crippen LogP contribution in [0.1, 0.15) is 93.0 Å². The number of hydrogen-bond acceptors (Lipinski definition) is 4. The van der Waals surface area contributed by atoms with Gasteiger partial charge >= 0.3 is 0 Å². The first-order chi connectivity index (χ1) is 25.4. The van der Waals surface area contributed by atoms with E-state index in [-0.39, 0.29) is 36.2 Å². The molecule has 0 spiro atoms. The van der Waals surface area contributed by atoms with E-state index in [0.717, 1.165) is 47.6 Å². The molecule has 0 radical (unpaired) electrons. The van der Waals surface area contributed by atoms with Crippen molar-refractivity contribution >= 4 is 11.6 Å². The minimum Gasteiger partial charge on any atom is -0.389 e. The van der Waals surface area contributed by atoms with Crippen LogP contribution in [0, 0.1) is 17.8 Å². The molecule has 8 heteroatoms. The van der Waals surface area contributed by atoms with E-state index in [0.29, 0.717) is 56.4 Å². The molecule has 0 aromatic heterocycles. The summed E-state index contributed by atoms with van der Waals surface area (Å²) in [6.07, 6.45) is 12.1. The summed E-state index contributed by atoms with van der Waals surface area (Å²) in [5, 5.41) is 9.90. The van der Waals surface area contributed by atoms with Crippen molar-refractivity contribution in [3.8, 4) is 0 Å². The number of benzene rings is 2. The van der Waals surface area contributed by atoms with Crippen LogP contribution in [0.4, 0.5) is 17.6 Å². The first-order valence-corrected chi connectivity index (χ1v) is 18.7. The van der Waals surface area contributed by atoms with Crippen LogP contribution in [0.5, 0.6) is 0 Å². The van der Waals surface area contributed by atoms with Gasteiger partial charge in [0.1, 0.15) is 5.78 Å². The Morgan fingerprint density at radius 1 is 1.04 bits per heavy atom. The number of halogens is 4. The maximum atomic E-state index is 14.7. The molecule has 0 bridgehead atoms. The highest BCUT2D eigenvalue weighted by Crippen LogP contribution is 2.44. The van der Waals surface area contributed by atoms with E-state index in [1.807, 2.05) is 42.5 Å². The molecule has 0 saturated heterocycles. The van der Waals surface area contributed by atoms with Gasteiger partial charge in [0.25, 0.3) is 11.8 Å². The normalized spacial score (nSPS) is 20.9. The van der Waals surface area contributed by atoms with Crippen LogP contribution in [-0.2, 0) is 39.0 Å². The number of hydrogen-bond donors (Lipinski definition) is 1. The van der Waals surface area contributed by atoms with Crippen molar-refractivity contribution in [3.63, 3.8) is 0 Å². The second-order valence-electron chi connectivity index (χ2n) is 15.3. The van der Waals surface area contributed by atoms with Crippen LogP contribution in [0.25, 0.3) is 0 Å². The van der Waals surface area contributed by atoms with Gasteiger partial charge in [-0.3, -0.25) is 9.59 Å². The molecule has 2 aromatic carbocycles. The Hall–Kier alpha value is -4.14. The molecule has 0 aliphatic heterocycles. The fraction of sp³-hybridized carbons (Fsp3) is 0.435. The average molecular weight is 747 g/mol. The monoisotopic (exact) mass is 746 g/mol. The standard InChI is InChI=1S/C46H54F4O4/c1-8-39(51)23-32-10-9-11-33(21-32)24-40(52)15-17-42-31(4)20-36(44(42)53)22-34-14-16-41(30(3)13-12-29(2)18-19-54-7)43(25-34)35-26-37(45(5,47)48)28-38(27-35)46(6,49)50/h8-11,14,16,21-22,25-28,30,39,41-43,51H,1-2,4,12-13,15,17-20,23-24H2,3,5-7H3/b36-22+. The van der Waals surface area contributed by atoms with Crippen molar-refractivity contribution in [1.82, 2.24) is 0 Å². The SMILES string of the molecule is C=CC(O)Cc1cccc(CC(=O)CCC2C(=C)C/C(=C\C3=CC(c4cc(C(C)(F)F)cc(C(C)(F)F)c4)C(C(C)CCC(=C)CCOC)C=C3)C2=O)c1. The molecule has 0 amide bonds. The minimum atomic E-state index is -3.33. The number of aliphatic hydroxyl groups is 1. The Labute approximate surface area is 318 Å². The zero-order valence-electron chi connectivity index (χ0n) is 32.0. The van der Waals surface area contributed by atoms with Crippen molar-refractivity contribution in [3.05, 3.63) is 143 Å². The molecule has 2 aromatic rings. The number of Topliss-reactive ketones (excluding diaryl/α,β-unsaturated/α-hetero) is 2. The van der Waals surface area contributed by atoms with Gasteiger partial charge < -0.3 is 9.84 Å². The Bertz CT molecular complexity index is 1770. The van der Waals surface area contributed by atoms with Crippen molar-refractivity contribution in [2.24, 2.45) is 17.8 Å². The number of aliphatic hydroxyl groups excluding tert-OH is 1. The van der Waals surface area contributed by atoms with E-state index < -0.39 is 40.9 Å². The Balaban J connectivity index is 1.56. The maximum absolute atomic E-state index is 14.7. The Kier molecular flexibility index (Phi) is 14.6. The predicted octanol–water partition coefficient (Wildman–Crippen LogP) is 10.9. The van der Waals surface area contributed by atoms with E-state index in [1.165, 1.54) is 18.2 Å². The van der Waals surface area contributed by atoms with Gasteiger partial charge in [-0.2, -0.15) is 0 Å². The molecule has 1 saturated carbocycles. The van der Waals surface area contributed by atoms with Gasteiger partial charge in [-0.1, -0.05) is 79.8 Å². The molecule has 1 N–H and O–H groups in total. The third-order valence-electron chi connectivity index (χ3n) is 10.6. The smallest absolute Gasteiger partial charge is 0.270 e. The lowest BCUT2D eigenvalue weighted by molar-refractivity contribution is -0.119. The lowest BCUT2D eigenvalue weighted by Gasteiger charge is -2.32. The summed E-state index contributed by atoms with van der Waals surface area (Å²) in [5.74, 6) is -7.94. The molecule has 290 valence electrons. The molecule has 2 aliphatic carbocycles. The van der Waals surface area contributed by atoms with Crippen molar-refractivity contribution < 1.29 is 37.0 Å². The van der Waals surface area contributed by atoms with E-state index >= 15 is 0 Å². The lowest BCUT2D eigenvalue weighted by Crippen LogP contribution is -2.22. The summed E-state index contributed by atoms with van der Waals surface area (Å²) in [6, 6.07) is 11.0. The second kappa shape index (κ2) is 18.5. The highest BCUT2D eigenvalue weighted by atomic mass is 19.3. The molecular formula is C46H54F4O4. The number of allylic oxidation sites excluding steroid dienone is 7. The Morgan fingerprint density at radius 3 is 2.33 bits per heavy atom. The fourth-order valence-electron chi connectivity index (χ4n) is 7.36. The highest BCUT2D eigenvalue weighted by Gasteiger charge is 2.36. The highest BCUT2D eigenvalue weighted by molar-refractivity contribution is 6.03. The van der Waals surface area contributed by atoms with Crippen LogP contribution >= 0.6 is 0 Å². The molecule has 5 unspecified atom stereocenters. The number of ketones is 2. The van der Waals surface area contributed by atoms with E-state index in [2.05, 4.69) is 26.7 Å². The van der Waals surface area contributed by atoms with E-state index in [4.69, 9.17) is 4.74 Å². The molecular weight excluding hydrogens is 692 g/mol. The van der Waals surface area contributed by atoms with E-state index in [9.17, 15) is 32.3 Å². The first kappa shape index (κ1) is 42.6. The zero-order chi connectivity index (χ0) is 39.8. The summed E-state index contributed by atoms with van der Waals surface area (Å²) < 4.78 is 64.0. The summed E-state index contributed by atoms with van der Waals surface area (Å²) in [7, 11) is 1.63. The van der Waals surface area contributed by atoms with Crippen LogP contribution in [0.2, 0.25) is 0 Å². The van der Waals surface area contributed by atoms with Crippen LogP contribution < -0.4 is 0 Å². The largest absolute Gasteiger partial charge is 0.389 e. The van der Waals surface area contributed by atoms with Gasteiger partial charge in [-0.05, 0) is 90.5 Å². The van der Waals surface area contributed by atoms with Crippen molar-refractivity contribution in [2.75, 3.05) is 13.7 Å². The number of carbonyl (C=O) groups is 2. The van der Waals surface area contributed by atoms with Gasteiger partial charge in [0.05, 0.1) is 6.10 Å². The number of methoxy groups -OCH3 is 1. The van der Waals surface area contributed by atoms with Crippen molar-refractivity contribution in [1.29, 1.82) is 0 Å². The fourth-order valence-corrected chi connectivity index (χ4v) is 7.36. The molecule has 5 atom stereocenters. The van der Waals surface area contributed by atoms with Gasteiger partial charge in [0.2, 0.25) is 0 Å². The summed E-state index contributed by atoms with van der Waals surface area (Å²) in [4.78, 5) is 26.7. The Morgan fingerprint density at radius 2 is 1.70 bits per heavy atom. The molecule has 2 aliphatic rings. The van der Waals surface area contributed by atoms with E-state index in [1.54, 1.807) is 13.2 Å². The van der Waals surface area contributed by atoms with Crippen LogP contribution in [0.3, 0.4) is 0 Å². The summed E-state index contributed by atoms with van der Waals surface area (Å²) in [5.41, 5.74) is 4.13. The second-order valence-corrected chi connectivity index (χ2v) is 15.3. The third kappa shape index (κ3) is 11.7. The van der Waals surface area contributed by atoms with Crippen molar-refractivity contribution in [2.45, 2.75) is 96.0 Å². The van der Waals surface area contributed by atoms with Gasteiger partial charge in [0.15, 0.2) is 5.78 Å². The third-order valence-corrected chi connectivity index (χ3v) is 10.6. The first-order valence-electron chi connectivity index (χ1n) is 18.7. The molecule has 4 nitrogen and oxygen atoms in total. The van der Waals surface area contributed by atoms with Gasteiger partial charge in [0, 0.05) is 75.4 Å². The summed E-state index contributed by atoms with van der Waals surface area (Å²) >= 11 is 0. The zero-order valence-corrected chi connectivity index (χ0v) is 32.0. The molecule has 0 heterocycles.